The molecule has 0 unspecified atom stereocenters. The van der Waals surface area contributed by atoms with Gasteiger partial charge in [-0.3, -0.25) is 0 Å². The van der Waals surface area contributed by atoms with E-state index in [9.17, 15) is 5.11 Å². The van der Waals surface area contributed by atoms with Gasteiger partial charge in [0.15, 0.2) is 12.0 Å². The zero-order chi connectivity index (χ0) is 12.9. The van der Waals surface area contributed by atoms with Crippen molar-refractivity contribution in [3.8, 4) is 0 Å². The maximum Gasteiger partial charge on any atom is 0.181 e. The van der Waals surface area contributed by atoms with Crippen LogP contribution in [0.25, 0.3) is 0 Å². The minimum Gasteiger partial charge on any atom is -0.394 e. The Bertz CT molecular complexity index is 447. The van der Waals surface area contributed by atoms with Crippen molar-refractivity contribution in [2.75, 3.05) is 12.3 Å². The van der Waals surface area contributed by atoms with Crippen molar-refractivity contribution in [2.45, 2.75) is 44.2 Å². The summed E-state index contributed by atoms with van der Waals surface area (Å²) in [5.74, 6) is -0.196. The quantitative estimate of drug-likeness (QED) is 0.765. The zero-order valence-corrected chi connectivity index (χ0v) is 10.3. The molecule has 1 aromatic heterocycles. The molecule has 2 aliphatic heterocycles. The van der Waals surface area contributed by atoms with E-state index in [2.05, 4.69) is 5.10 Å². The van der Waals surface area contributed by atoms with E-state index in [0.29, 0.717) is 5.82 Å². The number of aliphatic hydroxyl groups is 1. The summed E-state index contributed by atoms with van der Waals surface area (Å²) in [5.41, 5.74) is 5.82. The first-order valence-corrected chi connectivity index (χ1v) is 5.93. The third-order valence-corrected chi connectivity index (χ3v) is 3.25. The number of aromatic nitrogens is 2. The van der Waals surface area contributed by atoms with Crippen LogP contribution in [0.1, 0.15) is 20.1 Å². The lowest BCUT2D eigenvalue weighted by molar-refractivity contribution is -0.201. The van der Waals surface area contributed by atoms with Gasteiger partial charge in [0.25, 0.3) is 0 Å². The third-order valence-electron chi connectivity index (χ3n) is 3.25. The van der Waals surface area contributed by atoms with Crippen LogP contribution in [-0.4, -0.2) is 45.6 Å². The van der Waals surface area contributed by atoms with Gasteiger partial charge in [0.1, 0.15) is 24.1 Å². The number of nitrogen functional groups attached to an aromatic ring is 1. The summed E-state index contributed by atoms with van der Waals surface area (Å²) in [6, 6.07) is 1.69. The van der Waals surface area contributed by atoms with E-state index in [1.54, 1.807) is 16.9 Å². The average molecular weight is 255 g/mol. The Morgan fingerprint density at radius 3 is 2.78 bits per heavy atom. The van der Waals surface area contributed by atoms with E-state index in [-0.39, 0.29) is 18.8 Å². The van der Waals surface area contributed by atoms with Gasteiger partial charge in [-0.25, -0.2) is 4.68 Å². The summed E-state index contributed by atoms with van der Waals surface area (Å²) in [4.78, 5) is 0. The first-order chi connectivity index (χ1) is 8.52. The number of nitrogens with two attached hydrogens (primary N) is 1. The second kappa shape index (κ2) is 3.92. The zero-order valence-electron chi connectivity index (χ0n) is 10.3. The second-order valence-electron chi connectivity index (χ2n) is 5.01. The Morgan fingerprint density at radius 2 is 2.17 bits per heavy atom. The largest absolute Gasteiger partial charge is 0.394 e. The highest BCUT2D eigenvalue weighted by Gasteiger charge is 2.56. The van der Waals surface area contributed by atoms with E-state index in [1.807, 2.05) is 13.8 Å². The third kappa shape index (κ3) is 1.71. The van der Waals surface area contributed by atoms with E-state index < -0.39 is 18.1 Å². The highest BCUT2D eigenvalue weighted by Crippen LogP contribution is 2.43. The van der Waals surface area contributed by atoms with E-state index in [1.165, 1.54) is 0 Å². The van der Waals surface area contributed by atoms with E-state index in [0.717, 1.165) is 0 Å². The molecule has 7 nitrogen and oxygen atoms in total. The molecule has 3 N–H and O–H groups in total. The molecule has 2 aliphatic rings. The molecule has 100 valence electrons. The Balaban J connectivity index is 1.91. The van der Waals surface area contributed by atoms with Crippen molar-refractivity contribution in [3.63, 3.8) is 0 Å². The van der Waals surface area contributed by atoms with Gasteiger partial charge in [0.05, 0.1) is 12.8 Å². The number of ether oxygens (including phenoxy) is 3. The monoisotopic (exact) mass is 255 g/mol. The first kappa shape index (κ1) is 11.9. The summed E-state index contributed by atoms with van der Waals surface area (Å²) < 4.78 is 18.8. The molecule has 0 aliphatic carbocycles. The fourth-order valence-electron chi connectivity index (χ4n) is 2.54. The van der Waals surface area contributed by atoms with Gasteiger partial charge in [-0.1, -0.05) is 0 Å². The molecule has 3 rings (SSSR count). The molecule has 4 atom stereocenters. The van der Waals surface area contributed by atoms with Crippen LogP contribution in [-0.2, 0) is 14.2 Å². The van der Waals surface area contributed by atoms with Crippen LogP contribution in [0.2, 0.25) is 0 Å². The van der Waals surface area contributed by atoms with Crippen molar-refractivity contribution in [3.05, 3.63) is 12.3 Å². The van der Waals surface area contributed by atoms with Crippen LogP contribution in [0, 0.1) is 0 Å². The number of rotatable bonds is 2. The molecule has 2 saturated heterocycles. The van der Waals surface area contributed by atoms with Gasteiger partial charge in [0.2, 0.25) is 0 Å². The standard InChI is InChI=1S/C11H17N3O4/c1-11(2)17-8-6(5-15)16-10(9(8)18-11)14-7(12)3-4-13-14/h3-4,6,8-10,15H,5,12H2,1-2H3/t6-,8-,9-,10-/m1/s1. The van der Waals surface area contributed by atoms with Gasteiger partial charge < -0.3 is 25.1 Å². The molecular weight excluding hydrogens is 238 g/mol. The fraction of sp³-hybridized carbons (Fsp3) is 0.727. The van der Waals surface area contributed by atoms with Crippen LogP contribution < -0.4 is 5.73 Å². The smallest absolute Gasteiger partial charge is 0.181 e. The Kier molecular flexibility index (Phi) is 2.60. The van der Waals surface area contributed by atoms with E-state index >= 15 is 0 Å². The summed E-state index contributed by atoms with van der Waals surface area (Å²) in [7, 11) is 0. The van der Waals surface area contributed by atoms with Crippen LogP contribution in [0.4, 0.5) is 5.82 Å². The number of aliphatic hydroxyl groups excluding tert-OH is 1. The van der Waals surface area contributed by atoms with Crippen LogP contribution >= 0.6 is 0 Å². The van der Waals surface area contributed by atoms with Crippen LogP contribution in [0.3, 0.4) is 0 Å². The van der Waals surface area contributed by atoms with Gasteiger partial charge >= 0.3 is 0 Å². The SMILES string of the molecule is CC1(C)O[C@@H]2[C@H](O1)[C@@H](CO)O[C@H]2n1nccc1N. The maximum atomic E-state index is 9.35. The number of hydrogen-bond acceptors (Lipinski definition) is 6. The molecule has 1 aromatic rings. The molecule has 0 bridgehead atoms. The highest BCUT2D eigenvalue weighted by molar-refractivity contribution is 5.27. The molecule has 0 aromatic carbocycles. The number of nitrogens with zero attached hydrogens (tertiary/aromatic N) is 2. The molecule has 2 fully saturated rings. The number of fused-ring (bicyclic) bond motifs is 1. The molecule has 0 radical (unpaired) electrons. The Hall–Kier alpha value is -1.15. The molecule has 18 heavy (non-hydrogen) atoms. The van der Waals surface area contributed by atoms with Crippen molar-refractivity contribution in [2.24, 2.45) is 0 Å². The molecule has 0 spiro atoms. The maximum absolute atomic E-state index is 9.35. The van der Waals surface area contributed by atoms with Crippen molar-refractivity contribution < 1.29 is 19.3 Å². The van der Waals surface area contributed by atoms with Crippen molar-refractivity contribution in [1.29, 1.82) is 0 Å². The Labute approximate surface area is 104 Å². The van der Waals surface area contributed by atoms with Crippen LogP contribution in [0.15, 0.2) is 12.3 Å². The minimum atomic E-state index is -0.688. The van der Waals surface area contributed by atoms with Gasteiger partial charge in [-0.05, 0) is 13.8 Å². The summed E-state index contributed by atoms with van der Waals surface area (Å²) >= 11 is 0. The first-order valence-electron chi connectivity index (χ1n) is 5.93. The normalized spacial score (nSPS) is 37.9. The summed E-state index contributed by atoms with van der Waals surface area (Å²) in [6.45, 7) is 3.55. The van der Waals surface area contributed by atoms with Gasteiger partial charge in [-0.15, -0.1) is 0 Å². The highest BCUT2D eigenvalue weighted by atomic mass is 16.8. The number of anilines is 1. The number of hydrogen-bond donors (Lipinski definition) is 2. The van der Waals surface area contributed by atoms with E-state index in [4.69, 9.17) is 19.9 Å². The summed E-state index contributed by atoms with van der Waals surface area (Å²) in [6.07, 6.45) is 0.0771. The minimum absolute atomic E-state index is 0.127. The second-order valence-corrected chi connectivity index (χ2v) is 5.01. The summed E-state index contributed by atoms with van der Waals surface area (Å²) in [5, 5.41) is 13.5. The molecule has 7 heteroatoms. The Morgan fingerprint density at radius 1 is 1.44 bits per heavy atom. The van der Waals surface area contributed by atoms with Crippen molar-refractivity contribution >= 4 is 5.82 Å². The lowest BCUT2D eigenvalue weighted by atomic mass is 10.1. The van der Waals surface area contributed by atoms with Crippen molar-refractivity contribution in [1.82, 2.24) is 9.78 Å². The lowest BCUT2D eigenvalue weighted by Gasteiger charge is -2.24. The molecule has 3 heterocycles. The lowest BCUT2D eigenvalue weighted by Crippen LogP contribution is -2.31. The average Bonchev–Trinajstić information content (AvgIpc) is 2.91. The molecule has 0 saturated carbocycles. The fourth-order valence-corrected chi connectivity index (χ4v) is 2.54. The van der Waals surface area contributed by atoms with Crippen LogP contribution in [0.5, 0.6) is 0 Å². The predicted molar refractivity (Wildman–Crippen MR) is 61.5 cm³/mol. The molecule has 0 amide bonds. The topological polar surface area (TPSA) is 91.8 Å². The van der Waals surface area contributed by atoms with Gasteiger partial charge in [0, 0.05) is 6.07 Å². The van der Waals surface area contributed by atoms with Gasteiger partial charge in [-0.2, -0.15) is 5.10 Å². The molecular formula is C11H17N3O4. The predicted octanol–water partition coefficient (Wildman–Crippen LogP) is -0.125.